The predicted molar refractivity (Wildman–Crippen MR) is 82.1 cm³/mol. The second-order valence-corrected chi connectivity index (χ2v) is 4.56. The second-order valence-electron chi connectivity index (χ2n) is 4.56. The van der Waals surface area contributed by atoms with Crippen molar-refractivity contribution in [1.82, 2.24) is 0 Å². The van der Waals surface area contributed by atoms with E-state index in [1.807, 2.05) is 24.3 Å². The molecule has 0 heterocycles. The summed E-state index contributed by atoms with van der Waals surface area (Å²) in [4.78, 5) is 22.7. The van der Waals surface area contributed by atoms with Gasteiger partial charge in [0.25, 0.3) is 0 Å². The molecule has 108 valence electrons. The van der Waals surface area contributed by atoms with Crippen molar-refractivity contribution < 1.29 is 14.3 Å². The molecule has 4 heteroatoms. The lowest BCUT2D eigenvalue weighted by atomic mass is 10.1. The van der Waals surface area contributed by atoms with Crippen LogP contribution in [0, 0.1) is 0 Å². The molecule has 0 unspecified atom stereocenters. The van der Waals surface area contributed by atoms with Crippen molar-refractivity contribution in [3.8, 4) is 0 Å². The number of esters is 1. The average molecular weight is 283 g/mol. The fourth-order valence-electron chi connectivity index (χ4n) is 1.86. The highest BCUT2D eigenvalue weighted by Crippen LogP contribution is 2.18. The Bertz CT molecular complexity index is 630. The van der Waals surface area contributed by atoms with Crippen LogP contribution in [0.2, 0.25) is 0 Å². The zero-order chi connectivity index (χ0) is 15.2. The van der Waals surface area contributed by atoms with Crippen molar-refractivity contribution in [2.75, 3.05) is 11.9 Å². The zero-order valence-electron chi connectivity index (χ0n) is 12.1. The maximum absolute atomic E-state index is 11.5. The van der Waals surface area contributed by atoms with Gasteiger partial charge in [0.2, 0.25) is 0 Å². The van der Waals surface area contributed by atoms with Crippen molar-refractivity contribution in [3.05, 3.63) is 59.7 Å². The van der Waals surface area contributed by atoms with E-state index in [0.29, 0.717) is 17.7 Å². The van der Waals surface area contributed by atoms with Crippen LogP contribution in [0.5, 0.6) is 0 Å². The summed E-state index contributed by atoms with van der Waals surface area (Å²) in [6, 6.07) is 14.3. The van der Waals surface area contributed by atoms with Crippen LogP contribution in [0.1, 0.15) is 34.6 Å². The Morgan fingerprint density at radius 3 is 1.81 bits per heavy atom. The minimum absolute atomic E-state index is 0.0420. The predicted octanol–water partition coefficient (Wildman–Crippen LogP) is 3.81. The second kappa shape index (κ2) is 6.70. The number of carbonyl (C=O) groups is 2. The molecule has 4 nitrogen and oxygen atoms in total. The van der Waals surface area contributed by atoms with Crippen molar-refractivity contribution in [3.63, 3.8) is 0 Å². The van der Waals surface area contributed by atoms with Crippen LogP contribution in [0.3, 0.4) is 0 Å². The number of ether oxygens (including phenoxy) is 1. The largest absolute Gasteiger partial charge is 0.462 e. The van der Waals surface area contributed by atoms with E-state index in [4.69, 9.17) is 4.74 Å². The molecule has 0 saturated carbocycles. The quantitative estimate of drug-likeness (QED) is 0.669. The molecule has 0 aliphatic heterocycles. The monoisotopic (exact) mass is 283 g/mol. The van der Waals surface area contributed by atoms with Gasteiger partial charge in [-0.3, -0.25) is 4.79 Å². The van der Waals surface area contributed by atoms with Gasteiger partial charge in [-0.1, -0.05) is 0 Å². The fourth-order valence-corrected chi connectivity index (χ4v) is 1.86. The van der Waals surface area contributed by atoms with Crippen molar-refractivity contribution in [1.29, 1.82) is 0 Å². The fraction of sp³-hybridized carbons (Fsp3) is 0.176. The minimum Gasteiger partial charge on any atom is -0.462 e. The van der Waals surface area contributed by atoms with E-state index < -0.39 is 0 Å². The third kappa shape index (κ3) is 3.92. The number of benzene rings is 2. The van der Waals surface area contributed by atoms with Gasteiger partial charge in [0, 0.05) is 16.9 Å². The van der Waals surface area contributed by atoms with Gasteiger partial charge in [-0.15, -0.1) is 0 Å². The number of hydrogen-bond acceptors (Lipinski definition) is 4. The number of carbonyl (C=O) groups excluding carboxylic acids is 2. The van der Waals surface area contributed by atoms with Crippen molar-refractivity contribution in [2.24, 2.45) is 0 Å². The normalized spacial score (nSPS) is 10.0. The van der Waals surface area contributed by atoms with Crippen molar-refractivity contribution in [2.45, 2.75) is 13.8 Å². The van der Waals surface area contributed by atoms with E-state index in [1.165, 1.54) is 6.92 Å². The van der Waals surface area contributed by atoms with Gasteiger partial charge in [0.1, 0.15) is 0 Å². The first-order valence-corrected chi connectivity index (χ1v) is 6.75. The minimum atomic E-state index is -0.324. The number of hydrogen-bond donors (Lipinski definition) is 1. The van der Waals surface area contributed by atoms with Gasteiger partial charge >= 0.3 is 5.97 Å². The van der Waals surface area contributed by atoms with Gasteiger partial charge in [0.15, 0.2) is 5.78 Å². The first-order valence-electron chi connectivity index (χ1n) is 6.75. The van der Waals surface area contributed by atoms with E-state index in [2.05, 4.69) is 5.32 Å². The lowest BCUT2D eigenvalue weighted by molar-refractivity contribution is 0.0526. The molecule has 0 aliphatic rings. The highest BCUT2D eigenvalue weighted by molar-refractivity contribution is 5.94. The number of rotatable bonds is 5. The highest BCUT2D eigenvalue weighted by Gasteiger charge is 2.05. The third-order valence-corrected chi connectivity index (χ3v) is 2.98. The molecule has 2 aromatic carbocycles. The molecule has 0 atom stereocenters. The lowest BCUT2D eigenvalue weighted by Gasteiger charge is -2.08. The molecule has 0 saturated heterocycles. The molecular formula is C17H17NO3. The average Bonchev–Trinajstić information content (AvgIpc) is 2.49. The van der Waals surface area contributed by atoms with Crippen LogP contribution in [-0.4, -0.2) is 18.4 Å². The van der Waals surface area contributed by atoms with E-state index in [-0.39, 0.29) is 11.8 Å². The van der Waals surface area contributed by atoms with E-state index in [1.54, 1.807) is 31.2 Å². The summed E-state index contributed by atoms with van der Waals surface area (Å²) in [5.41, 5.74) is 2.94. The summed E-state index contributed by atoms with van der Waals surface area (Å²) in [5, 5.41) is 3.20. The summed E-state index contributed by atoms with van der Waals surface area (Å²) < 4.78 is 4.93. The topological polar surface area (TPSA) is 55.4 Å². The van der Waals surface area contributed by atoms with Gasteiger partial charge in [0.05, 0.1) is 12.2 Å². The smallest absolute Gasteiger partial charge is 0.338 e. The Balaban J connectivity index is 2.06. The summed E-state index contributed by atoms with van der Waals surface area (Å²) in [5.74, 6) is -0.282. The maximum Gasteiger partial charge on any atom is 0.338 e. The Morgan fingerprint density at radius 1 is 0.905 bits per heavy atom. The first-order chi connectivity index (χ1) is 10.1. The summed E-state index contributed by atoms with van der Waals surface area (Å²) in [6.45, 7) is 3.68. The molecule has 1 N–H and O–H groups in total. The van der Waals surface area contributed by atoms with Crippen LogP contribution in [0.25, 0.3) is 0 Å². The molecule has 0 aliphatic carbocycles. The summed E-state index contributed by atoms with van der Waals surface area (Å²) >= 11 is 0. The molecule has 21 heavy (non-hydrogen) atoms. The maximum atomic E-state index is 11.5. The van der Waals surface area contributed by atoms with Crippen LogP contribution in [0.15, 0.2) is 48.5 Å². The highest BCUT2D eigenvalue weighted by atomic mass is 16.5. The van der Waals surface area contributed by atoms with Gasteiger partial charge < -0.3 is 10.1 Å². The van der Waals surface area contributed by atoms with E-state index in [0.717, 1.165) is 11.4 Å². The molecule has 0 radical (unpaired) electrons. The molecule has 0 aromatic heterocycles. The van der Waals surface area contributed by atoms with E-state index >= 15 is 0 Å². The zero-order valence-corrected chi connectivity index (χ0v) is 12.1. The van der Waals surface area contributed by atoms with Crippen LogP contribution in [-0.2, 0) is 4.74 Å². The number of ketones is 1. The SMILES string of the molecule is CCOC(=O)c1ccc(Nc2ccc(C(C)=O)cc2)cc1. The number of nitrogens with one attached hydrogen (secondary N) is 1. The first kappa shape index (κ1) is 14.8. The summed E-state index contributed by atoms with van der Waals surface area (Å²) in [7, 11) is 0. The molecule has 2 rings (SSSR count). The van der Waals surface area contributed by atoms with Crippen LogP contribution in [0.4, 0.5) is 11.4 Å². The Hall–Kier alpha value is -2.62. The standard InChI is InChI=1S/C17H17NO3/c1-3-21-17(20)14-6-10-16(11-7-14)18-15-8-4-13(5-9-15)12(2)19/h4-11,18H,3H2,1-2H3. The number of anilines is 2. The molecule has 0 spiro atoms. The number of Topliss-reactive ketones (excluding diaryl/α,β-unsaturated/α-hetero) is 1. The third-order valence-electron chi connectivity index (χ3n) is 2.98. The van der Waals surface area contributed by atoms with Crippen LogP contribution >= 0.6 is 0 Å². The summed E-state index contributed by atoms with van der Waals surface area (Å²) in [6.07, 6.45) is 0. The lowest BCUT2D eigenvalue weighted by Crippen LogP contribution is -2.04. The Morgan fingerprint density at radius 2 is 1.38 bits per heavy atom. The molecule has 0 fully saturated rings. The van der Waals surface area contributed by atoms with Crippen LogP contribution < -0.4 is 5.32 Å². The van der Waals surface area contributed by atoms with E-state index in [9.17, 15) is 9.59 Å². The molecule has 0 amide bonds. The van der Waals surface area contributed by atoms with Gasteiger partial charge in [-0.05, 0) is 62.4 Å². The molecule has 0 bridgehead atoms. The molecule has 2 aromatic rings. The van der Waals surface area contributed by atoms with Gasteiger partial charge in [-0.2, -0.15) is 0 Å². The Labute approximate surface area is 123 Å². The Kier molecular flexibility index (Phi) is 4.72. The van der Waals surface area contributed by atoms with Gasteiger partial charge in [-0.25, -0.2) is 4.79 Å². The van der Waals surface area contributed by atoms with Crippen molar-refractivity contribution >= 4 is 23.1 Å². The molecular weight excluding hydrogens is 266 g/mol.